The summed E-state index contributed by atoms with van der Waals surface area (Å²) in [5, 5.41) is 12.8. The van der Waals surface area contributed by atoms with Crippen LogP contribution in [0.25, 0.3) is 5.53 Å². The van der Waals surface area contributed by atoms with Gasteiger partial charge in [-0.15, -0.1) is 0 Å². The first-order chi connectivity index (χ1) is 8.01. The fourth-order valence-electron chi connectivity index (χ4n) is 1.86. The highest BCUT2D eigenvalue weighted by Crippen LogP contribution is 2.33. The molecule has 17 heavy (non-hydrogen) atoms. The lowest BCUT2D eigenvalue weighted by Crippen LogP contribution is -2.52. The van der Waals surface area contributed by atoms with Crippen molar-refractivity contribution in [2.24, 2.45) is 0 Å². The van der Waals surface area contributed by atoms with E-state index in [1.54, 1.807) is 18.2 Å². The van der Waals surface area contributed by atoms with Gasteiger partial charge in [0.1, 0.15) is 0 Å². The van der Waals surface area contributed by atoms with E-state index in [0.29, 0.717) is 5.69 Å². The van der Waals surface area contributed by atoms with Crippen molar-refractivity contribution in [1.82, 2.24) is 0 Å². The molecular weight excluding hydrogens is 222 g/mol. The second-order valence-electron chi connectivity index (χ2n) is 3.71. The van der Waals surface area contributed by atoms with Gasteiger partial charge in [0.25, 0.3) is 5.60 Å². The smallest absolute Gasteiger partial charge is 0.368 e. The monoisotopic (exact) mass is 231 g/mol. The Morgan fingerprint density at radius 3 is 2.71 bits per heavy atom. The number of hydrogen-bond acceptors (Lipinski definition) is 3. The molecule has 1 unspecified atom stereocenters. The first kappa shape index (κ1) is 11.2. The summed E-state index contributed by atoms with van der Waals surface area (Å²) in [5.74, 6) is -1.49. The van der Waals surface area contributed by atoms with E-state index < -0.39 is 23.0 Å². The van der Waals surface area contributed by atoms with E-state index in [4.69, 9.17) is 5.53 Å². The predicted octanol–water partition coefficient (Wildman–Crippen LogP) is 0.0861. The number of aliphatic hydroxyl groups is 1. The normalized spacial score (nSPS) is 22.5. The maximum absolute atomic E-state index is 11.6. The number of nitrogens with zero attached hydrogens (tertiary/aromatic N) is 2. The van der Waals surface area contributed by atoms with E-state index >= 15 is 0 Å². The average molecular weight is 231 g/mol. The molecule has 1 amide bonds. The maximum atomic E-state index is 11.6. The quantitative estimate of drug-likeness (QED) is 0.528. The van der Waals surface area contributed by atoms with Crippen molar-refractivity contribution in [3.05, 3.63) is 35.4 Å². The van der Waals surface area contributed by atoms with Gasteiger partial charge in [-0.3, -0.25) is 9.59 Å². The van der Waals surface area contributed by atoms with Crippen molar-refractivity contribution in [2.75, 3.05) is 5.32 Å². The molecule has 1 aromatic carbocycles. The van der Waals surface area contributed by atoms with Crippen LogP contribution in [0.1, 0.15) is 12.5 Å². The standard InChI is InChI=1S/C11H9N3O3/c1-6(15)11(17)7-4-2-3-5-8(7)13-10(16)9(11)14-12/h2-5,17H,1H3,(H,13,16). The van der Waals surface area contributed by atoms with E-state index in [-0.39, 0.29) is 5.56 Å². The molecule has 2 N–H and O–H groups in total. The molecule has 1 aliphatic heterocycles. The number of anilines is 1. The van der Waals surface area contributed by atoms with Crippen LogP contribution < -0.4 is 5.32 Å². The summed E-state index contributed by atoms with van der Waals surface area (Å²) in [5.41, 5.74) is 6.48. The molecule has 0 aromatic heterocycles. The van der Waals surface area contributed by atoms with Gasteiger partial charge in [0.05, 0.1) is 0 Å². The number of rotatable bonds is 1. The third-order valence-electron chi connectivity index (χ3n) is 2.73. The number of hydrogen-bond donors (Lipinski definition) is 2. The summed E-state index contributed by atoms with van der Waals surface area (Å²) in [6.07, 6.45) is 0. The minimum absolute atomic E-state index is 0.194. The molecule has 1 aliphatic rings. The summed E-state index contributed by atoms with van der Waals surface area (Å²) in [6.45, 7) is 1.13. The SMILES string of the molecule is CC(=O)C1(O)C(=[N+]=[N-])C(=O)Nc2ccccc21. The van der Waals surface area contributed by atoms with E-state index in [2.05, 4.69) is 10.1 Å². The topological polar surface area (TPSA) is 103 Å². The van der Waals surface area contributed by atoms with Crippen molar-refractivity contribution < 1.29 is 19.5 Å². The lowest BCUT2D eigenvalue weighted by atomic mass is 9.81. The van der Waals surface area contributed by atoms with Crippen molar-refractivity contribution in [2.45, 2.75) is 12.5 Å². The summed E-state index contributed by atoms with van der Waals surface area (Å²) in [6, 6.07) is 6.30. The number of benzene rings is 1. The molecule has 0 bridgehead atoms. The zero-order valence-electron chi connectivity index (χ0n) is 8.97. The number of carbonyl (C=O) groups excluding carboxylic acids is 2. The summed E-state index contributed by atoms with van der Waals surface area (Å²) in [7, 11) is 0. The fourth-order valence-corrected chi connectivity index (χ4v) is 1.86. The van der Waals surface area contributed by atoms with Crippen LogP contribution in [-0.2, 0) is 15.2 Å². The molecule has 1 atom stereocenters. The highest BCUT2D eigenvalue weighted by atomic mass is 16.3. The van der Waals surface area contributed by atoms with Gasteiger partial charge in [-0.2, -0.15) is 4.79 Å². The zero-order valence-corrected chi connectivity index (χ0v) is 8.97. The minimum Gasteiger partial charge on any atom is -0.368 e. The van der Waals surface area contributed by atoms with Crippen LogP contribution in [0.3, 0.4) is 0 Å². The molecule has 0 spiro atoms. The van der Waals surface area contributed by atoms with Crippen molar-refractivity contribution in [3.63, 3.8) is 0 Å². The molecule has 2 rings (SSSR count). The number of amides is 1. The van der Waals surface area contributed by atoms with Crippen LogP contribution >= 0.6 is 0 Å². The third-order valence-corrected chi connectivity index (χ3v) is 2.73. The number of fused-ring (bicyclic) bond motifs is 1. The van der Waals surface area contributed by atoms with Gasteiger partial charge in [-0.25, -0.2) is 0 Å². The maximum Gasteiger partial charge on any atom is 0.399 e. The second-order valence-corrected chi connectivity index (χ2v) is 3.71. The largest absolute Gasteiger partial charge is 0.399 e. The molecule has 6 nitrogen and oxygen atoms in total. The minimum atomic E-state index is -2.20. The highest BCUT2D eigenvalue weighted by Gasteiger charge is 2.55. The molecule has 1 heterocycles. The van der Waals surface area contributed by atoms with E-state index in [0.717, 1.165) is 6.92 Å². The Morgan fingerprint density at radius 2 is 2.12 bits per heavy atom. The van der Waals surface area contributed by atoms with Crippen LogP contribution in [-0.4, -0.2) is 27.3 Å². The van der Waals surface area contributed by atoms with Gasteiger partial charge in [0.15, 0.2) is 5.78 Å². The Hall–Kier alpha value is -2.30. The first-order valence-electron chi connectivity index (χ1n) is 4.88. The highest BCUT2D eigenvalue weighted by molar-refractivity contribution is 6.49. The first-order valence-corrected chi connectivity index (χ1v) is 4.88. The Bertz CT molecular complexity index is 575. The van der Waals surface area contributed by atoms with Crippen molar-refractivity contribution in [3.8, 4) is 0 Å². The molecule has 0 fully saturated rings. The van der Waals surface area contributed by atoms with Crippen LogP contribution in [0.4, 0.5) is 5.69 Å². The van der Waals surface area contributed by atoms with Crippen LogP contribution in [0.2, 0.25) is 0 Å². The van der Waals surface area contributed by atoms with Crippen molar-refractivity contribution in [1.29, 1.82) is 0 Å². The molecule has 0 saturated carbocycles. The fraction of sp³-hybridized carbons (Fsp3) is 0.182. The van der Waals surface area contributed by atoms with Crippen LogP contribution in [0.15, 0.2) is 24.3 Å². The molecule has 1 aromatic rings. The average Bonchev–Trinajstić information content (AvgIpc) is 2.29. The molecule has 0 radical (unpaired) electrons. The lowest BCUT2D eigenvalue weighted by Gasteiger charge is -2.27. The van der Waals surface area contributed by atoms with Crippen LogP contribution in [0.5, 0.6) is 0 Å². The molecule has 86 valence electrons. The van der Waals surface area contributed by atoms with Gasteiger partial charge in [0.2, 0.25) is 0 Å². The molecule has 0 saturated heterocycles. The Kier molecular flexibility index (Phi) is 2.38. The van der Waals surface area contributed by atoms with Gasteiger partial charge in [0, 0.05) is 11.3 Å². The zero-order chi connectivity index (χ0) is 12.6. The van der Waals surface area contributed by atoms with Gasteiger partial charge < -0.3 is 16.0 Å². The number of ketones is 1. The second kappa shape index (κ2) is 3.62. The van der Waals surface area contributed by atoms with E-state index in [1.165, 1.54) is 6.07 Å². The predicted molar refractivity (Wildman–Crippen MR) is 58.3 cm³/mol. The van der Waals surface area contributed by atoms with Crippen LogP contribution in [0, 0.1) is 0 Å². The summed E-state index contributed by atoms with van der Waals surface area (Å²) < 4.78 is 0. The van der Waals surface area contributed by atoms with E-state index in [9.17, 15) is 14.7 Å². The van der Waals surface area contributed by atoms with Crippen molar-refractivity contribution >= 4 is 23.1 Å². The number of Topliss-reactive ketones (excluding diaryl/α,β-unsaturated/α-hetero) is 1. The molecular formula is C11H9N3O3. The Labute approximate surface area is 96.5 Å². The Balaban J connectivity index is 2.81. The third kappa shape index (κ3) is 1.39. The van der Waals surface area contributed by atoms with Gasteiger partial charge in [-0.1, -0.05) is 18.2 Å². The van der Waals surface area contributed by atoms with Gasteiger partial charge in [-0.05, 0) is 13.0 Å². The van der Waals surface area contributed by atoms with Gasteiger partial charge >= 0.3 is 11.6 Å². The van der Waals surface area contributed by atoms with E-state index in [1.807, 2.05) is 0 Å². The number of nitrogens with one attached hydrogen (secondary N) is 1. The molecule has 0 aliphatic carbocycles. The summed E-state index contributed by atoms with van der Waals surface area (Å²) in [4.78, 5) is 25.9. The lowest BCUT2D eigenvalue weighted by molar-refractivity contribution is -0.137. The summed E-state index contributed by atoms with van der Waals surface area (Å²) >= 11 is 0. The Morgan fingerprint density at radius 1 is 1.47 bits per heavy atom. The number of para-hydroxylation sites is 1. The number of carbonyl (C=O) groups is 2. The molecule has 6 heteroatoms.